The normalized spacial score (nSPS) is 29.6. The lowest BCUT2D eigenvalue weighted by Crippen LogP contribution is -2.69. The highest BCUT2D eigenvalue weighted by atomic mass is 35.5. The van der Waals surface area contributed by atoms with Crippen LogP contribution in [0.1, 0.15) is 66.2 Å². The third kappa shape index (κ3) is 5.68. The van der Waals surface area contributed by atoms with Crippen molar-refractivity contribution in [1.82, 2.24) is 20.2 Å². The van der Waals surface area contributed by atoms with Crippen LogP contribution in [0.25, 0.3) is 0 Å². The first-order valence-corrected chi connectivity index (χ1v) is 16.4. The molecular formula is C33H47ClFN7O. The lowest BCUT2D eigenvalue weighted by atomic mass is 9.40. The number of amides is 1. The van der Waals surface area contributed by atoms with Crippen molar-refractivity contribution in [3.63, 3.8) is 0 Å². The van der Waals surface area contributed by atoms with Crippen LogP contribution in [0.2, 0.25) is 5.02 Å². The van der Waals surface area contributed by atoms with Gasteiger partial charge in [-0.15, -0.1) is 0 Å². The molecule has 3 aliphatic carbocycles. The Morgan fingerprint density at radius 1 is 1.07 bits per heavy atom. The van der Waals surface area contributed by atoms with Crippen LogP contribution in [0.15, 0.2) is 24.4 Å². The first-order chi connectivity index (χ1) is 20.5. The lowest BCUT2D eigenvalue weighted by Gasteiger charge is -2.66. The average Bonchev–Trinajstić information content (AvgIpc) is 2.99. The first-order valence-electron chi connectivity index (χ1n) is 16.1. The molecule has 5 aliphatic rings. The fourth-order valence-corrected chi connectivity index (χ4v) is 8.68. The number of nitrogens with one attached hydrogen (secondary N) is 3. The van der Waals surface area contributed by atoms with E-state index in [9.17, 15) is 4.79 Å². The summed E-state index contributed by atoms with van der Waals surface area (Å²) in [6.07, 6.45) is 8.15. The van der Waals surface area contributed by atoms with Gasteiger partial charge in [-0.1, -0.05) is 32.4 Å². The summed E-state index contributed by atoms with van der Waals surface area (Å²) in [6, 6.07) is 5.85. The van der Waals surface area contributed by atoms with Crippen molar-refractivity contribution in [3.05, 3.63) is 35.2 Å². The summed E-state index contributed by atoms with van der Waals surface area (Å²) in [7, 11) is 1.69. The Morgan fingerprint density at radius 2 is 1.79 bits per heavy atom. The molecule has 234 valence electrons. The van der Waals surface area contributed by atoms with Crippen molar-refractivity contribution in [2.75, 3.05) is 48.8 Å². The van der Waals surface area contributed by atoms with Gasteiger partial charge in [0.1, 0.15) is 10.8 Å². The Bertz CT molecular complexity index is 1340. The van der Waals surface area contributed by atoms with Crippen LogP contribution in [0.3, 0.4) is 0 Å². The second kappa shape index (κ2) is 11.7. The van der Waals surface area contributed by atoms with E-state index in [4.69, 9.17) is 16.6 Å². The zero-order valence-electron chi connectivity index (χ0n) is 26.2. The molecule has 3 heterocycles. The Morgan fingerprint density at radius 3 is 2.44 bits per heavy atom. The number of piperidine rings is 2. The Balaban J connectivity index is 1.13. The summed E-state index contributed by atoms with van der Waals surface area (Å²) >= 11 is 6.59. The van der Waals surface area contributed by atoms with E-state index in [1.54, 1.807) is 13.2 Å². The summed E-state index contributed by atoms with van der Waals surface area (Å²) in [4.78, 5) is 26.8. The van der Waals surface area contributed by atoms with Crippen LogP contribution < -0.4 is 20.9 Å². The van der Waals surface area contributed by atoms with Crippen molar-refractivity contribution in [1.29, 1.82) is 0 Å². The minimum atomic E-state index is -0.527. The number of benzene rings is 1. The molecule has 1 aromatic heterocycles. The summed E-state index contributed by atoms with van der Waals surface area (Å²) in [5.41, 5.74) is 0.805. The number of rotatable bonds is 7. The highest BCUT2D eigenvalue weighted by Gasteiger charge is 2.64. The van der Waals surface area contributed by atoms with Gasteiger partial charge in [0, 0.05) is 31.9 Å². The number of nitrogens with zero attached hydrogens (tertiary/aromatic N) is 4. The maximum absolute atomic E-state index is 15.4. The zero-order valence-corrected chi connectivity index (χ0v) is 27.0. The van der Waals surface area contributed by atoms with Crippen LogP contribution in [0, 0.1) is 34.9 Å². The van der Waals surface area contributed by atoms with E-state index in [0.717, 1.165) is 44.7 Å². The molecule has 4 atom stereocenters. The van der Waals surface area contributed by atoms with Gasteiger partial charge in [-0.3, -0.25) is 4.79 Å². The predicted octanol–water partition coefficient (Wildman–Crippen LogP) is 6.31. The number of carbonyl (C=O) groups is 1. The topological polar surface area (TPSA) is 85.4 Å². The summed E-state index contributed by atoms with van der Waals surface area (Å²) in [5.74, 6) is 2.01. The molecular weight excluding hydrogens is 565 g/mol. The van der Waals surface area contributed by atoms with Gasteiger partial charge >= 0.3 is 0 Å². The molecule has 2 saturated heterocycles. The van der Waals surface area contributed by atoms with Gasteiger partial charge in [-0.2, -0.15) is 4.98 Å². The minimum Gasteiger partial charge on any atom is -0.369 e. The molecule has 1 amide bonds. The number of halogens is 2. The molecule has 0 unspecified atom stereocenters. The van der Waals surface area contributed by atoms with Crippen LogP contribution in [0.4, 0.5) is 27.5 Å². The van der Waals surface area contributed by atoms with Gasteiger partial charge < -0.3 is 25.8 Å². The van der Waals surface area contributed by atoms with E-state index in [1.165, 1.54) is 32.0 Å². The highest BCUT2D eigenvalue weighted by Crippen LogP contribution is 2.65. The Hall–Kier alpha value is -2.65. The van der Waals surface area contributed by atoms with E-state index in [2.05, 4.69) is 58.4 Å². The zero-order chi connectivity index (χ0) is 30.5. The molecule has 3 saturated carbocycles. The Kier molecular flexibility index (Phi) is 8.26. The van der Waals surface area contributed by atoms with Gasteiger partial charge in [0.2, 0.25) is 11.9 Å². The van der Waals surface area contributed by atoms with Gasteiger partial charge in [-0.05, 0) is 99.9 Å². The molecule has 1 aromatic carbocycles. The molecule has 0 spiro atoms. The van der Waals surface area contributed by atoms with E-state index in [-0.39, 0.29) is 23.1 Å². The second-order valence-corrected chi connectivity index (χ2v) is 14.6. The van der Waals surface area contributed by atoms with E-state index in [1.807, 2.05) is 12.1 Å². The number of carbonyl (C=O) groups excluding carboxylic acids is 1. The van der Waals surface area contributed by atoms with Crippen molar-refractivity contribution >= 4 is 40.6 Å². The van der Waals surface area contributed by atoms with E-state index < -0.39 is 5.54 Å². The number of hydrogen-bond donors (Lipinski definition) is 3. The number of anilines is 4. The highest BCUT2D eigenvalue weighted by molar-refractivity contribution is 6.32. The van der Waals surface area contributed by atoms with Crippen molar-refractivity contribution in [3.8, 4) is 0 Å². The van der Waals surface area contributed by atoms with Crippen LogP contribution >= 0.6 is 11.6 Å². The SMILES string of the molecule is CNC(=O)[C@H]1C[C@@H]2C[C@H](C2(C)C)[C@@]1(C)Nc1nc(Nc2ccc(N3CCC(N4CCC(C)CC4)CC3)c(F)c2)ncc1Cl. The minimum absolute atomic E-state index is 0.0321. The quantitative estimate of drug-likeness (QED) is 0.338. The van der Waals surface area contributed by atoms with Gasteiger partial charge in [0.25, 0.3) is 0 Å². The molecule has 10 heteroatoms. The molecule has 5 fully saturated rings. The second-order valence-electron chi connectivity index (χ2n) is 14.2. The fraction of sp³-hybridized carbons (Fsp3) is 0.667. The Labute approximate surface area is 260 Å². The van der Waals surface area contributed by atoms with Crippen molar-refractivity contribution < 1.29 is 9.18 Å². The molecule has 43 heavy (non-hydrogen) atoms. The molecule has 2 bridgehead atoms. The third-order valence-corrected chi connectivity index (χ3v) is 11.8. The largest absolute Gasteiger partial charge is 0.369 e. The van der Waals surface area contributed by atoms with Crippen molar-refractivity contribution in [2.45, 2.75) is 77.8 Å². The number of likely N-dealkylation sites (tertiary alicyclic amines) is 1. The lowest BCUT2D eigenvalue weighted by molar-refractivity contribution is -0.155. The maximum Gasteiger partial charge on any atom is 0.229 e. The smallest absolute Gasteiger partial charge is 0.229 e. The van der Waals surface area contributed by atoms with Gasteiger partial charge in [-0.25, -0.2) is 9.37 Å². The molecule has 2 aliphatic heterocycles. The third-order valence-electron chi connectivity index (χ3n) is 11.5. The fourth-order valence-electron chi connectivity index (χ4n) is 8.54. The number of hydrogen-bond acceptors (Lipinski definition) is 7. The molecule has 8 nitrogen and oxygen atoms in total. The monoisotopic (exact) mass is 611 g/mol. The van der Waals surface area contributed by atoms with Crippen LogP contribution in [-0.2, 0) is 4.79 Å². The van der Waals surface area contributed by atoms with Crippen LogP contribution in [-0.4, -0.2) is 65.6 Å². The standard InChI is InChI=1S/C33H47ClFN7O/c1-20-8-12-41(13-9-20)23-10-14-42(15-11-23)27-7-6-22(18-26(27)35)38-31-37-19-25(34)29(39-31)40-33(4)24(30(43)36-5)16-21-17-28(33)32(21,2)3/h6-7,18-21,23-24,28H,8-17H2,1-5H3,(H,36,43)(H2,37,38,39,40)/t21-,24-,28-,33+/m1/s1. The summed E-state index contributed by atoms with van der Waals surface area (Å²) < 4.78 is 15.4. The molecule has 0 radical (unpaired) electrons. The molecule has 2 aromatic rings. The van der Waals surface area contributed by atoms with Gasteiger partial charge in [0.05, 0.1) is 23.3 Å². The first kappa shape index (κ1) is 30.4. The number of fused-ring (bicyclic) bond motifs is 2. The number of aromatic nitrogens is 2. The van der Waals surface area contributed by atoms with Crippen molar-refractivity contribution in [2.24, 2.45) is 29.1 Å². The summed E-state index contributed by atoms with van der Waals surface area (Å²) in [6.45, 7) is 13.2. The molecule has 3 N–H and O–H groups in total. The average molecular weight is 612 g/mol. The van der Waals surface area contributed by atoms with E-state index in [0.29, 0.717) is 46.0 Å². The van der Waals surface area contributed by atoms with E-state index >= 15 is 4.39 Å². The summed E-state index contributed by atoms with van der Waals surface area (Å²) in [5, 5.41) is 9.98. The predicted molar refractivity (Wildman–Crippen MR) is 172 cm³/mol. The maximum atomic E-state index is 15.4. The van der Waals surface area contributed by atoms with Crippen LogP contribution in [0.5, 0.6) is 0 Å². The van der Waals surface area contributed by atoms with Gasteiger partial charge in [0.15, 0.2) is 5.82 Å². The molecule has 7 rings (SSSR count).